The van der Waals surface area contributed by atoms with Crippen molar-refractivity contribution in [1.29, 1.82) is 0 Å². The molecule has 0 aromatic heterocycles. The lowest BCUT2D eigenvalue weighted by Crippen LogP contribution is -2.13. The van der Waals surface area contributed by atoms with Crippen LogP contribution >= 0.6 is 0 Å². The van der Waals surface area contributed by atoms with E-state index in [1.165, 1.54) is 0 Å². The minimum absolute atomic E-state index is 0.0710. The van der Waals surface area contributed by atoms with E-state index in [4.69, 9.17) is 4.74 Å². The summed E-state index contributed by atoms with van der Waals surface area (Å²) in [5.41, 5.74) is 0.0643. The highest BCUT2D eigenvalue weighted by Gasteiger charge is 2.18. The van der Waals surface area contributed by atoms with E-state index in [0.29, 0.717) is 17.7 Å². The normalized spacial score (nSPS) is 11.2. The summed E-state index contributed by atoms with van der Waals surface area (Å²) >= 11 is 0. The van der Waals surface area contributed by atoms with Gasteiger partial charge in [-0.2, -0.15) is 0 Å². The lowest BCUT2D eigenvalue weighted by atomic mass is 10.1. The van der Waals surface area contributed by atoms with Gasteiger partial charge in [0, 0.05) is 17.2 Å². The molecule has 0 saturated carbocycles. The molecule has 0 amide bonds. The molecule has 2 aromatic carbocycles. The lowest BCUT2D eigenvalue weighted by molar-refractivity contribution is -0.145. The quantitative estimate of drug-likeness (QED) is 0.445. The van der Waals surface area contributed by atoms with Gasteiger partial charge in [-0.3, -0.25) is 4.79 Å². The molecule has 0 aliphatic heterocycles. The van der Waals surface area contributed by atoms with Crippen LogP contribution in [0.3, 0.4) is 0 Å². The third kappa shape index (κ3) is 5.20. The molecule has 0 bridgehead atoms. The molecule has 0 fully saturated rings. The Hall–Kier alpha value is -3.09. The second-order valence-electron chi connectivity index (χ2n) is 5.27. The van der Waals surface area contributed by atoms with Crippen LogP contribution in [0.15, 0.2) is 48.0 Å². The van der Waals surface area contributed by atoms with E-state index < -0.39 is 35.8 Å². The Labute approximate surface area is 147 Å². The van der Waals surface area contributed by atoms with E-state index in [1.807, 2.05) is 0 Å². The highest BCUT2D eigenvalue weighted by Crippen LogP contribution is 2.19. The summed E-state index contributed by atoms with van der Waals surface area (Å²) in [5, 5.41) is 0. The van der Waals surface area contributed by atoms with Crippen molar-refractivity contribution in [3.8, 4) is 0 Å². The van der Waals surface area contributed by atoms with E-state index in [1.54, 1.807) is 30.3 Å². The van der Waals surface area contributed by atoms with Crippen molar-refractivity contribution >= 4 is 18.0 Å². The van der Waals surface area contributed by atoms with E-state index in [0.717, 1.165) is 13.2 Å². The van der Waals surface area contributed by atoms with Gasteiger partial charge in [-0.1, -0.05) is 30.3 Å². The van der Waals surface area contributed by atoms with Crippen molar-refractivity contribution in [3.63, 3.8) is 0 Å². The molecule has 26 heavy (non-hydrogen) atoms. The number of esters is 2. The topological polar surface area (TPSA) is 52.6 Å². The maximum absolute atomic E-state index is 13.8. The average Bonchev–Trinajstić information content (AvgIpc) is 2.64. The molecule has 2 aromatic rings. The molecule has 0 unspecified atom stereocenters. The third-order valence-electron chi connectivity index (χ3n) is 3.41. The molecule has 0 spiro atoms. The fourth-order valence-corrected chi connectivity index (χ4v) is 2.06. The van der Waals surface area contributed by atoms with Gasteiger partial charge in [-0.05, 0) is 17.7 Å². The Bertz CT molecular complexity index is 832. The first-order valence-corrected chi connectivity index (χ1v) is 7.53. The van der Waals surface area contributed by atoms with Crippen LogP contribution in [0.2, 0.25) is 0 Å². The number of rotatable bonds is 6. The number of halogens is 3. The Balaban J connectivity index is 2.26. The average molecular weight is 364 g/mol. The summed E-state index contributed by atoms with van der Waals surface area (Å²) in [6.45, 7) is -0.0710. The molecule has 0 saturated heterocycles. The summed E-state index contributed by atoms with van der Waals surface area (Å²) in [6, 6.07) is 9.70. The molecule has 0 radical (unpaired) electrons. The minimum atomic E-state index is -1.36. The van der Waals surface area contributed by atoms with Crippen molar-refractivity contribution in [1.82, 2.24) is 0 Å². The Morgan fingerprint density at radius 3 is 2.31 bits per heavy atom. The highest BCUT2D eigenvalue weighted by atomic mass is 19.2. The summed E-state index contributed by atoms with van der Waals surface area (Å²) in [6.07, 6.45) is 0.421. The number of hydrogen-bond acceptors (Lipinski definition) is 4. The molecule has 7 heteroatoms. The van der Waals surface area contributed by atoms with Crippen LogP contribution in [-0.4, -0.2) is 19.0 Å². The van der Waals surface area contributed by atoms with Gasteiger partial charge in [0.15, 0.2) is 11.6 Å². The van der Waals surface area contributed by atoms with Gasteiger partial charge in [0.1, 0.15) is 12.4 Å². The first-order chi connectivity index (χ1) is 12.4. The Kier molecular flexibility index (Phi) is 6.54. The smallest absolute Gasteiger partial charge is 0.334 e. The predicted molar refractivity (Wildman–Crippen MR) is 87.2 cm³/mol. The predicted octanol–water partition coefficient (Wildman–Crippen LogP) is 3.79. The van der Waals surface area contributed by atoms with Crippen LogP contribution < -0.4 is 0 Å². The van der Waals surface area contributed by atoms with Gasteiger partial charge in [-0.15, -0.1) is 0 Å². The molecule has 0 aliphatic rings. The van der Waals surface area contributed by atoms with Crippen LogP contribution in [0, 0.1) is 17.5 Å². The second kappa shape index (κ2) is 8.84. The standard InChI is InChI=1S/C19H15F3O4/c1-25-18(23)9-14(7-13-8-16(21)17(22)10-15(13)20)19(24)26-11-12-5-3-2-4-6-12/h2-8,10H,9,11H2,1H3. The van der Waals surface area contributed by atoms with Crippen molar-refractivity contribution in [2.45, 2.75) is 13.0 Å². The largest absolute Gasteiger partial charge is 0.469 e. The fraction of sp³-hybridized carbons (Fsp3) is 0.158. The van der Waals surface area contributed by atoms with E-state index >= 15 is 0 Å². The third-order valence-corrected chi connectivity index (χ3v) is 3.41. The van der Waals surface area contributed by atoms with Crippen LogP contribution in [0.25, 0.3) is 6.08 Å². The molecule has 0 atom stereocenters. The molecular weight excluding hydrogens is 349 g/mol. The van der Waals surface area contributed by atoms with Crippen LogP contribution in [-0.2, 0) is 25.7 Å². The minimum Gasteiger partial charge on any atom is -0.469 e. The summed E-state index contributed by atoms with van der Waals surface area (Å²) < 4.78 is 49.7. The van der Waals surface area contributed by atoms with Gasteiger partial charge in [0.2, 0.25) is 0 Å². The van der Waals surface area contributed by atoms with Crippen molar-refractivity contribution in [2.24, 2.45) is 0 Å². The van der Waals surface area contributed by atoms with Gasteiger partial charge in [0.05, 0.1) is 13.5 Å². The zero-order valence-corrected chi connectivity index (χ0v) is 13.8. The van der Waals surface area contributed by atoms with E-state index in [-0.39, 0.29) is 17.7 Å². The van der Waals surface area contributed by atoms with Gasteiger partial charge >= 0.3 is 11.9 Å². The van der Waals surface area contributed by atoms with E-state index in [9.17, 15) is 22.8 Å². The zero-order chi connectivity index (χ0) is 19.1. The number of benzene rings is 2. The van der Waals surface area contributed by atoms with Crippen molar-refractivity contribution < 1.29 is 32.2 Å². The van der Waals surface area contributed by atoms with E-state index in [2.05, 4.69) is 4.74 Å². The number of methoxy groups -OCH3 is 1. The molecule has 2 rings (SSSR count). The highest BCUT2D eigenvalue weighted by molar-refractivity contribution is 5.98. The van der Waals surface area contributed by atoms with Gasteiger partial charge in [-0.25, -0.2) is 18.0 Å². The molecular formula is C19H15F3O4. The number of carbonyl (C=O) groups excluding carboxylic acids is 2. The Morgan fingerprint density at radius 1 is 1.00 bits per heavy atom. The van der Waals surface area contributed by atoms with Crippen molar-refractivity contribution in [2.75, 3.05) is 7.11 Å². The number of hydrogen-bond donors (Lipinski definition) is 0. The van der Waals surface area contributed by atoms with Crippen LogP contribution in [0.4, 0.5) is 13.2 Å². The van der Waals surface area contributed by atoms with Crippen LogP contribution in [0.5, 0.6) is 0 Å². The zero-order valence-electron chi connectivity index (χ0n) is 13.8. The number of carbonyl (C=O) groups is 2. The molecule has 4 nitrogen and oxygen atoms in total. The fourth-order valence-electron chi connectivity index (χ4n) is 2.06. The summed E-state index contributed by atoms with van der Waals surface area (Å²) in [5.74, 6) is -5.39. The first kappa shape index (κ1) is 19.2. The second-order valence-corrected chi connectivity index (χ2v) is 5.27. The maximum atomic E-state index is 13.8. The van der Waals surface area contributed by atoms with Gasteiger partial charge < -0.3 is 9.47 Å². The summed E-state index contributed by atoms with van der Waals surface area (Å²) in [7, 11) is 1.12. The van der Waals surface area contributed by atoms with Crippen molar-refractivity contribution in [3.05, 3.63) is 76.6 Å². The lowest BCUT2D eigenvalue weighted by Gasteiger charge is -2.09. The molecule has 136 valence electrons. The van der Waals surface area contributed by atoms with Gasteiger partial charge in [0.25, 0.3) is 0 Å². The van der Waals surface area contributed by atoms with Crippen LogP contribution in [0.1, 0.15) is 17.5 Å². The number of ether oxygens (including phenoxy) is 2. The Morgan fingerprint density at radius 2 is 1.65 bits per heavy atom. The monoisotopic (exact) mass is 364 g/mol. The molecule has 0 aliphatic carbocycles. The SMILES string of the molecule is COC(=O)CC(=Cc1cc(F)c(F)cc1F)C(=O)OCc1ccccc1. The first-order valence-electron chi connectivity index (χ1n) is 7.53. The maximum Gasteiger partial charge on any atom is 0.334 e. The summed E-state index contributed by atoms with van der Waals surface area (Å²) in [4.78, 5) is 23.7. The molecule has 0 heterocycles. The molecule has 0 N–H and O–H groups in total.